The summed E-state index contributed by atoms with van der Waals surface area (Å²) in [7, 11) is -4.22. The van der Waals surface area contributed by atoms with Crippen molar-refractivity contribution in [2.75, 3.05) is 13.2 Å². The Hall–Kier alpha value is -2.87. The first kappa shape index (κ1) is 31.1. The Morgan fingerprint density at radius 2 is 1.98 bits per heavy atom. The number of nitrogens with zero attached hydrogens (tertiary/aromatic N) is 1. The Kier molecular flexibility index (Phi) is 9.83. The Balaban J connectivity index is 1.58. The largest absolute Gasteiger partial charge is 0.459 e. The third kappa shape index (κ3) is 7.32. The van der Waals surface area contributed by atoms with Gasteiger partial charge in [-0.1, -0.05) is 32.0 Å². The third-order valence-electron chi connectivity index (χ3n) is 6.71. The first-order chi connectivity index (χ1) is 19.5. The number of aromatic amines is 1. The summed E-state index contributed by atoms with van der Waals surface area (Å²) in [6.45, 7) is 6.08. The highest BCUT2D eigenvalue weighted by molar-refractivity contribution is 7.52. The summed E-state index contributed by atoms with van der Waals surface area (Å²) in [5, 5.41) is 2.81. The lowest BCUT2D eigenvalue weighted by Gasteiger charge is -2.29. The SMILES string of the molecule is CCC(=O)O[C@@H]1[C@@H](COP(=O)(NC(C)C2OCC(CC)O2)Oc2ccccc2)O[C@@H](n2ccc(=O)[nH]c2=O)[C@]1(C)F. The second-order valence-electron chi connectivity index (χ2n) is 9.94. The molecule has 2 saturated heterocycles. The Morgan fingerprint density at radius 1 is 1.24 bits per heavy atom. The van der Waals surface area contributed by atoms with Gasteiger partial charge in [-0.05, 0) is 32.4 Å². The Labute approximate surface area is 235 Å². The van der Waals surface area contributed by atoms with Crippen LogP contribution in [-0.2, 0) is 32.8 Å². The standard InChI is InChI=1S/C26H35FN3O10P/c1-5-17-14-35-23(37-17)16(3)29-41(34,40-18-10-8-7-9-11-18)36-15-19-22(39-21(32)6-2)26(4,27)24(38-19)30-13-12-20(31)28-25(30)33/h7-13,16-17,19,22-24H,5-6,14-15H2,1-4H3,(H,29,34)(H,28,31,33)/t16?,17?,19-,22-,23?,24-,26-,41?/m1/s1. The number of esters is 1. The van der Waals surface area contributed by atoms with Crippen molar-refractivity contribution >= 4 is 13.7 Å². The van der Waals surface area contributed by atoms with E-state index in [1.165, 1.54) is 6.92 Å². The van der Waals surface area contributed by atoms with Gasteiger partial charge in [0.15, 0.2) is 24.3 Å². The van der Waals surface area contributed by atoms with Gasteiger partial charge in [0.2, 0.25) is 0 Å². The highest BCUT2D eigenvalue weighted by Crippen LogP contribution is 2.48. The molecule has 15 heteroatoms. The first-order valence-electron chi connectivity index (χ1n) is 13.3. The highest BCUT2D eigenvalue weighted by atomic mass is 31.2. The predicted octanol–water partition coefficient (Wildman–Crippen LogP) is 2.82. The van der Waals surface area contributed by atoms with Crippen LogP contribution in [0, 0.1) is 0 Å². The van der Waals surface area contributed by atoms with E-state index < -0.39 is 68.0 Å². The van der Waals surface area contributed by atoms with Crippen molar-refractivity contribution in [1.29, 1.82) is 0 Å². The Morgan fingerprint density at radius 3 is 2.61 bits per heavy atom. The molecule has 1 aromatic carbocycles. The van der Waals surface area contributed by atoms with E-state index in [4.69, 9.17) is 28.0 Å². The van der Waals surface area contributed by atoms with Crippen LogP contribution in [0.5, 0.6) is 5.75 Å². The van der Waals surface area contributed by atoms with Crippen molar-refractivity contribution < 1.29 is 41.7 Å². The van der Waals surface area contributed by atoms with Crippen LogP contribution in [0.15, 0.2) is 52.2 Å². The lowest BCUT2D eigenvalue weighted by Crippen LogP contribution is -2.46. The summed E-state index contributed by atoms with van der Waals surface area (Å²) >= 11 is 0. The average Bonchev–Trinajstić information content (AvgIpc) is 3.51. The molecule has 2 N–H and O–H groups in total. The summed E-state index contributed by atoms with van der Waals surface area (Å²) in [6.07, 6.45) is -3.59. The van der Waals surface area contributed by atoms with Crippen LogP contribution in [0.1, 0.15) is 46.8 Å². The second kappa shape index (κ2) is 13.0. The van der Waals surface area contributed by atoms with E-state index in [0.717, 1.165) is 30.2 Å². The molecular formula is C26H35FN3O10P. The molecule has 2 aliphatic rings. The van der Waals surface area contributed by atoms with Gasteiger partial charge >= 0.3 is 19.4 Å². The lowest BCUT2D eigenvalue weighted by molar-refractivity contribution is -0.157. The minimum Gasteiger partial charge on any atom is -0.456 e. The van der Waals surface area contributed by atoms with Crippen LogP contribution >= 0.6 is 7.75 Å². The van der Waals surface area contributed by atoms with E-state index in [1.54, 1.807) is 37.3 Å². The van der Waals surface area contributed by atoms with Crippen LogP contribution < -0.4 is 20.9 Å². The van der Waals surface area contributed by atoms with Crippen LogP contribution in [0.2, 0.25) is 0 Å². The number of nitrogens with one attached hydrogen (secondary N) is 2. The van der Waals surface area contributed by atoms with E-state index in [-0.39, 0.29) is 18.3 Å². The molecule has 0 spiro atoms. The van der Waals surface area contributed by atoms with Gasteiger partial charge in [0, 0.05) is 18.7 Å². The van der Waals surface area contributed by atoms with Gasteiger partial charge in [0.25, 0.3) is 5.56 Å². The smallest absolute Gasteiger partial charge is 0.456 e. The zero-order valence-corrected chi connectivity index (χ0v) is 24.1. The van der Waals surface area contributed by atoms with Crippen molar-refractivity contribution in [2.24, 2.45) is 0 Å². The van der Waals surface area contributed by atoms with E-state index in [0.29, 0.717) is 6.61 Å². The molecule has 13 nitrogen and oxygen atoms in total. The molecule has 3 heterocycles. The minimum atomic E-state index is -4.22. The molecule has 8 atom stereocenters. The molecular weight excluding hydrogens is 564 g/mol. The number of benzene rings is 1. The van der Waals surface area contributed by atoms with Crippen LogP contribution in [0.4, 0.5) is 4.39 Å². The maximum atomic E-state index is 16.2. The summed E-state index contributed by atoms with van der Waals surface area (Å²) < 4.78 is 65.3. The molecule has 0 radical (unpaired) electrons. The number of hydrogen-bond acceptors (Lipinski definition) is 10. The highest BCUT2D eigenvalue weighted by Gasteiger charge is 2.58. The molecule has 0 aliphatic carbocycles. The summed E-state index contributed by atoms with van der Waals surface area (Å²) in [5.74, 6) is -0.497. The Bertz CT molecular complexity index is 1350. The summed E-state index contributed by atoms with van der Waals surface area (Å²) in [6, 6.07) is 8.64. The molecule has 41 heavy (non-hydrogen) atoms. The quantitative estimate of drug-likeness (QED) is 0.273. The number of alkyl halides is 1. The summed E-state index contributed by atoms with van der Waals surface area (Å²) in [4.78, 5) is 38.3. The van der Waals surface area contributed by atoms with Crippen molar-refractivity contribution in [3.63, 3.8) is 0 Å². The van der Waals surface area contributed by atoms with Crippen LogP contribution in [-0.4, -0.2) is 65.0 Å². The zero-order chi connectivity index (χ0) is 29.8. The van der Waals surface area contributed by atoms with Crippen LogP contribution in [0.25, 0.3) is 0 Å². The topological polar surface area (TPSA) is 156 Å². The van der Waals surface area contributed by atoms with Gasteiger partial charge in [0.1, 0.15) is 11.9 Å². The number of aromatic nitrogens is 2. The number of ether oxygens (including phenoxy) is 4. The normalized spacial score (nSPS) is 30.0. The summed E-state index contributed by atoms with van der Waals surface area (Å²) in [5.41, 5.74) is -4.06. The molecule has 1 aromatic heterocycles. The van der Waals surface area contributed by atoms with Gasteiger partial charge in [-0.25, -0.2) is 18.8 Å². The van der Waals surface area contributed by atoms with Gasteiger partial charge in [-0.2, -0.15) is 0 Å². The maximum Gasteiger partial charge on any atom is 0.459 e. The van der Waals surface area contributed by atoms with Crippen molar-refractivity contribution in [1.82, 2.24) is 14.6 Å². The van der Waals surface area contributed by atoms with E-state index in [2.05, 4.69) is 5.09 Å². The van der Waals surface area contributed by atoms with Gasteiger partial charge < -0.3 is 23.5 Å². The van der Waals surface area contributed by atoms with E-state index in [1.807, 2.05) is 11.9 Å². The molecule has 4 unspecified atom stereocenters. The third-order valence-corrected chi connectivity index (χ3v) is 8.37. The average molecular weight is 600 g/mol. The molecule has 0 bridgehead atoms. The van der Waals surface area contributed by atoms with Gasteiger partial charge in [0.05, 0.1) is 25.4 Å². The number of carbonyl (C=O) groups excluding carboxylic acids is 1. The van der Waals surface area contributed by atoms with Gasteiger partial charge in [-0.15, -0.1) is 0 Å². The van der Waals surface area contributed by atoms with Gasteiger partial charge in [-0.3, -0.25) is 23.7 Å². The second-order valence-corrected chi connectivity index (χ2v) is 11.6. The lowest BCUT2D eigenvalue weighted by atomic mass is 9.98. The maximum absolute atomic E-state index is 16.2. The molecule has 2 fully saturated rings. The molecule has 0 saturated carbocycles. The predicted molar refractivity (Wildman–Crippen MR) is 143 cm³/mol. The van der Waals surface area contributed by atoms with E-state index >= 15 is 4.39 Å². The molecule has 2 aliphatic heterocycles. The van der Waals surface area contributed by atoms with Crippen molar-refractivity contribution in [3.05, 3.63) is 63.4 Å². The fourth-order valence-electron chi connectivity index (χ4n) is 4.50. The molecule has 0 amide bonds. The number of para-hydroxylation sites is 1. The monoisotopic (exact) mass is 599 g/mol. The van der Waals surface area contributed by atoms with Crippen molar-refractivity contribution in [3.8, 4) is 5.75 Å². The minimum absolute atomic E-state index is 0.0573. The number of rotatable bonds is 12. The number of carbonyl (C=O) groups is 1. The fourth-order valence-corrected chi connectivity index (χ4v) is 6.05. The first-order valence-corrected chi connectivity index (χ1v) is 14.9. The van der Waals surface area contributed by atoms with E-state index in [9.17, 15) is 18.9 Å². The van der Waals surface area contributed by atoms with Crippen molar-refractivity contribution in [2.45, 2.75) is 83.1 Å². The number of halogens is 1. The zero-order valence-electron chi connectivity index (χ0n) is 23.2. The molecule has 4 rings (SSSR count). The number of H-pyrrole nitrogens is 1. The number of hydrogen-bond donors (Lipinski definition) is 2. The molecule has 2 aromatic rings. The fraction of sp³-hybridized carbons (Fsp3) is 0.577. The molecule has 226 valence electrons. The van der Waals surface area contributed by atoms with Crippen LogP contribution in [0.3, 0.4) is 0 Å².